The number of hydrogen-bond donors (Lipinski definition) is 1. The minimum atomic E-state index is -0.374. The summed E-state index contributed by atoms with van der Waals surface area (Å²) in [5, 5.41) is 14.1. The van der Waals surface area contributed by atoms with Crippen LogP contribution >= 0.6 is 0 Å². The van der Waals surface area contributed by atoms with Crippen molar-refractivity contribution in [3.8, 4) is 5.75 Å². The quantitative estimate of drug-likeness (QED) is 0.903. The Labute approximate surface area is 146 Å². The largest absolute Gasteiger partial charge is 0.493 e. The number of likely N-dealkylation sites (tertiary alicyclic amines) is 1. The number of fused-ring (bicyclic) bond motifs is 2. The second-order valence-electron chi connectivity index (χ2n) is 7.20. The molecule has 6 nitrogen and oxygen atoms in total. The molecule has 2 aromatic rings. The monoisotopic (exact) mass is 342 g/mol. The topological polar surface area (TPSA) is 75.8 Å². The Morgan fingerprint density at radius 2 is 2.20 bits per heavy atom. The number of carbonyl (C=O) groups excluding carboxylic acids is 1. The molecule has 4 rings (SSSR count). The van der Waals surface area contributed by atoms with Crippen molar-refractivity contribution in [3.05, 3.63) is 46.8 Å². The van der Waals surface area contributed by atoms with Gasteiger partial charge in [-0.2, -0.15) is 0 Å². The van der Waals surface area contributed by atoms with Gasteiger partial charge in [0.2, 0.25) is 0 Å². The van der Waals surface area contributed by atoms with E-state index in [0.29, 0.717) is 43.1 Å². The molecule has 1 saturated heterocycles. The molecular weight excluding hydrogens is 320 g/mol. The fourth-order valence-corrected chi connectivity index (χ4v) is 4.16. The predicted molar refractivity (Wildman–Crippen MR) is 90.5 cm³/mol. The molecule has 0 spiro atoms. The van der Waals surface area contributed by atoms with Gasteiger partial charge in [-0.15, -0.1) is 0 Å². The second-order valence-corrected chi connectivity index (χ2v) is 7.20. The molecule has 2 unspecified atom stereocenters. The Morgan fingerprint density at radius 1 is 1.40 bits per heavy atom. The minimum Gasteiger partial charge on any atom is -0.493 e. The van der Waals surface area contributed by atoms with Crippen LogP contribution in [-0.2, 0) is 6.42 Å². The van der Waals surface area contributed by atoms with E-state index in [1.807, 2.05) is 29.2 Å². The number of nitrogens with zero attached hydrogens (tertiary/aromatic N) is 2. The molecule has 132 valence electrons. The minimum absolute atomic E-state index is 0.0285. The first-order chi connectivity index (χ1) is 12.0. The van der Waals surface area contributed by atoms with Crippen molar-refractivity contribution in [1.29, 1.82) is 0 Å². The first-order valence-corrected chi connectivity index (χ1v) is 8.58. The van der Waals surface area contributed by atoms with Gasteiger partial charge in [0.25, 0.3) is 5.91 Å². The summed E-state index contributed by atoms with van der Waals surface area (Å²) in [5.41, 5.74) is 1.85. The van der Waals surface area contributed by atoms with E-state index in [-0.39, 0.29) is 23.8 Å². The highest BCUT2D eigenvalue weighted by Crippen LogP contribution is 2.43. The number of carbonyl (C=O) groups is 1. The van der Waals surface area contributed by atoms with Gasteiger partial charge in [0.05, 0.1) is 18.9 Å². The highest BCUT2D eigenvalue weighted by atomic mass is 16.5. The SMILES string of the molecule is Cc1noc(C)c1C(=O)N1CC2COc3ccccc3CC2(CO)C1. The van der Waals surface area contributed by atoms with Crippen LogP contribution in [-0.4, -0.2) is 47.4 Å². The fraction of sp³-hybridized carbons (Fsp3) is 0.474. The van der Waals surface area contributed by atoms with Crippen LogP contribution in [0.5, 0.6) is 5.75 Å². The van der Waals surface area contributed by atoms with Crippen LogP contribution in [0.3, 0.4) is 0 Å². The number of aromatic nitrogens is 1. The molecule has 1 N–H and O–H groups in total. The summed E-state index contributed by atoms with van der Waals surface area (Å²) in [5.74, 6) is 1.43. The molecule has 1 aromatic heterocycles. The van der Waals surface area contributed by atoms with E-state index in [1.54, 1.807) is 13.8 Å². The maximum absolute atomic E-state index is 13.0. The Kier molecular flexibility index (Phi) is 3.80. The molecule has 1 aromatic carbocycles. The Balaban J connectivity index is 1.64. The molecule has 1 amide bonds. The molecule has 0 aliphatic carbocycles. The van der Waals surface area contributed by atoms with Crippen molar-refractivity contribution in [2.75, 3.05) is 26.3 Å². The summed E-state index contributed by atoms with van der Waals surface area (Å²) in [4.78, 5) is 14.8. The Hall–Kier alpha value is -2.34. The molecule has 0 radical (unpaired) electrons. The van der Waals surface area contributed by atoms with Gasteiger partial charge in [-0.3, -0.25) is 4.79 Å². The van der Waals surface area contributed by atoms with E-state index in [9.17, 15) is 9.90 Å². The highest BCUT2D eigenvalue weighted by molar-refractivity contribution is 5.96. The van der Waals surface area contributed by atoms with Crippen molar-refractivity contribution in [3.63, 3.8) is 0 Å². The molecule has 6 heteroatoms. The third kappa shape index (κ3) is 2.52. The van der Waals surface area contributed by atoms with Crippen molar-refractivity contribution in [2.24, 2.45) is 11.3 Å². The van der Waals surface area contributed by atoms with E-state index in [4.69, 9.17) is 9.26 Å². The maximum Gasteiger partial charge on any atom is 0.259 e. The fourth-order valence-electron chi connectivity index (χ4n) is 4.16. The lowest BCUT2D eigenvalue weighted by Crippen LogP contribution is -2.38. The predicted octanol–water partition coefficient (Wildman–Crippen LogP) is 1.98. The molecule has 25 heavy (non-hydrogen) atoms. The van der Waals surface area contributed by atoms with E-state index in [1.165, 1.54) is 0 Å². The molecule has 2 aliphatic rings. The normalized spacial score (nSPS) is 25.1. The third-order valence-corrected chi connectivity index (χ3v) is 5.62. The van der Waals surface area contributed by atoms with Gasteiger partial charge in [-0.1, -0.05) is 23.4 Å². The average Bonchev–Trinajstić information content (AvgIpc) is 3.09. The number of hydrogen-bond acceptors (Lipinski definition) is 5. The Morgan fingerprint density at radius 3 is 2.92 bits per heavy atom. The van der Waals surface area contributed by atoms with Gasteiger partial charge in [0.1, 0.15) is 17.1 Å². The van der Waals surface area contributed by atoms with Crippen molar-refractivity contribution >= 4 is 5.91 Å². The van der Waals surface area contributed by atoms with Gasteiger partial charge < -0.3 is 19.3 Å². The Bertz CT molecular complexity index is 796. The summed E-state index contributed by atoms with van der Waals surface area (Å²) < 4.78 is 11.1. The number of aliphatic hydroxyl groups is 1. The second kappa shape index (κ2) is 5.88. The van der Waals surface area contributed by atoms with Gasteiger partial charge in [-0.05, 0) is 31.9 Å². The number of aliphatic hydroxyl groups excluding tert-OH is 1. The zero-order valence-electron chi connectivity index (χ0n) is 14.5. The lowest BCUT2D eigenvalue weighted by Gasteiger charge is -2.30. The van der Waals surface area contributed by atoms with Crippen molar-refractivity contribution in [2.45, 2.75) is 20.3 Å². The number of benzene rings is 1. The summed E-state index contributed by atoms with van der Waals surface area (Å²) >= 11 is 0. The summed E-state index contributed by atoms with van der Waals surface area (Å²) in [6, 6.07) is 7.94. The van der Waals surface area contributed by atoms with Crippen molar-refractivity contribution < 1.29 is 19.2 Å². The van der Waals surface area contributed by atoms with E-state index < -0.39 is 0 Å². The molecule has 0 saturated carbocycles. The van der Waals surface area contributed by atoms with Gasteiger partial charge in [0, 0.05) is 24.4 Å². The molecule has 2 atom stereocenters. The van der Waals surface area contributed by atoms with Crippen LogP contribution in [0.25, 0.3) is 0 Å². The molecule has 1 fully saturated rings. The number of para-hydroxylation sites is 1. The maximum atomic E-state index is 13.0. The van der Waals surface area contributed by atoms with E-state index >= 15 is 0 Å². The summed E-state index contributed by atoms with van der Waals surface area (Å²) in [6.45, 7) is 5.14. The zero-order chi connectivity index (χ0) is 17.6. The third-order valence-electron chi connectivity index (χ3n) is 5.62. The molecular formula is C19H22N2O4. The lowest BCUT2D eigenvalue weighted by molar-refractivity contribution is 0.0693. The van der Waals surface area contributed by atoms with Crippen molar-refractivity contribution in [1.82, 2.24) is 10.1 Å². The smallest absolute Gasteiger partial charge is 0.259 e. The highest BCUT2D eigenvalue weighted by Gasteiger charge is 2.50. The standard InChI is InChI=1S/C19H22N2O4/c1-12-17(13(2)25-20-12)18(23)21-8-15-9-24-16-6-4-3-5-14(16)7-19(15,10-21)11-22/h3-6,15,22H,7-11H2,1-2H3. The average molecular weight is 342 g/mol. The molecule has 0 bridgehead atoms. The molecule has 2 aliphatic heterocycles. The van der Waals surface area contributed by atoms with Crippen LogP contribution in [0, 0.1) is 25.2 Å². The number of amides is 1. The van der Waals surface area contributed by atoms with E-state index in [0.717, 1.165) is 11.3 Å². The lowest BCUT2D eigenvalue weighted by atomic mass is 9.75. The summed E-state index contributed by atoms with van der Waals surface area (Å²) in [7, 11) is 0. The van der Waals surface area contributed by atoms with Crippen LogP contribution in [0.2, 0.25) is 0 Å². The van der Waals surface area contributed by atoms with E-state index in [2.05, 4.69) is 5.16 Å². The first kappa shape index (κ1) is 16.1. The summed E-state index contributed by atoms with van der Waals surface area (Å²) in [6.07, 6.45) is 0.704. The zero-order valence-corrected chi connectivity index (χ0v) is 14.5. The molecule has 3 heterocycles. The van der Waals surface area contributed by atoms with Gasteiger partial charge in [0.15, 0.2) is 0 Å². The van der Waals surface area contributed by atoms with Gasteiger partial charge in [-0.25, -0.2) is 0 Å². The first-order valence-electron chi connectivity index (χ1n) is 8.58. The van der Waals surface area contributed by atoms with Crippen LogP contribution in [0.4, 0.5) is 0 Å². The van der Waals surface area contributed by atoms with Gasteiger partial charge >= 0.3 is 0 Å². The van der Waals surface area contributed by atoms with Crippen LogP contribution < -0.4 is 4.74 Å². The number of aryl methyl sites for hydroxylation is 2. The van der Waals surface area contributed by atoms with Crippen LogP contribution in [0.1, 0.15) is 27.4 Å². The number of rotatable bonds is 2. The number of ether oxygens (including phenoxy) is 1. The van der Waals surface area contributed by atoms with Crippen LogP contribution in [0.15, 0.2) is 28.8 Å².